The van der Waals surface area contributed by atoms with Crippen molar-refractivity contribution < 1.29 is 14.3 Å². The minimum Gasteiger partial charge on any atom is -0.497 e. The molecular formula is C27H30N4O3S2. The van der Waals surface area contributed by atoms with E-state index in [2.05, 4.69) is 43.0 Å². The third-order valence-electron chi connectivity index (χ3n) is 6.20. The standard InChI is InChI=1S/C27H30N4O3S2/c1-15(2)10-20-19-12-34-27(3,4)11-18(19)22-23-24(36-25(22)31-20)26(29-14-28-23)35-13-21(32)30-16-6-8-17(33-5)9-7-16/h6-9,14-15H,10-13H2,1-5H3,(H,30,32). The number of methoxy groups -OCH3 is 1. The number of hydrogen-bond acceptors (Lipinski definition) is 8. The van der Waals surface area contributed by atoms with Crippen LogP contribution in [-0.2, 0) is 29.0 Å². The van der Waals surface area contributed by atoms with E-state index >= 15 is 0 Å². The molecule has 0 atom stereocenters. The van der Waals surface area contributed by atoms with Crippen LogP contribution in [0.1, 0.15) is 44.5 Å². The second-order valence-corrected chi connectivity index (χ2v) is 12.0. The molecule has 0 fully saturated rings. The van der Waals surface area contributed by atoms with Crippen molar-refractivity contribution >= 4 is 55.1 Å². The predicted octanol–water partition coefficient (Wildman–Crippen LogP) is 6.03. The topological polar surface area (TPSA) is 86.2 Å². The quantitative estimate of drug-likeness (QED) is 0.234. The first-order valence-corrected chi connectivity index (χ1v) is 13.8. The van der Waals surface area contributed by atoms with E-state index in [-0.39, 0.29) is 17.3 Å². The smallest absolute Gasteiger partial charge is 0.234 e. The van der Waals surface area contributed by atoms with Crippen LogP contribution < -0.4 is 10.1 Å². The Kier molecular flexibility index (Phi) is 6.89. The Hall–Kier alpha value is -2.75. The van der Waals surface area contributed by atoms with E-state index in [1.165, 1.54) is 22.9 Å². The van der Waals surface area contributed by atoms with Gasteiger partial charge < -0.3 is 14.8 Å². The van der Waals surface area contributed by atoms with Gasteiger partial charge in [0.05, 0.1) is 35.3 Å². The largest absolute Gasteiger partial charge is 0.497 e. The summed E-state index contributed by atoms with van der Waals surface area (Å²) in [6, 6.07) is 7.29. The van der Waals surface area contributed by atoms with Crippen LogP contribution >= 0.6 is 23.1 Å². The second-order valence-electron chi connectivity index (χ2n) is 10.0. The molecule has 1 amide bonds. The number of carbonyl (C=O) groups excluding carboxylic acids is 1. The number of benzene rings is 1. The number of amides is 1. The summed E-state index contributed by atoms with van der Waals surface area (Å²) >= 11 is 3.04. The van der Waals surface area contributed by atoms with E-state index in [9.17, 15) is 4.79 Å². The number of nitrogens with one attached hydrogen (secondary N) is 1. The van der Waals surface area contributed by atoms with Crippen LogP contribution in [0.25, 0.3) is 20.4 Å². The molecule has 5 rings (SSSR count). The van der Waals surface area contributed by atoms with Crippen LogP contribution in [0.4, 0.5) is 5.69 Å². The summed E-state index contributed by atoms with van der Waals surface area (Å²) in [5.74, 6) is 1.40. The van der Waals surface area contributed by atoms with Gasteiger partial charge in [-0.05, 0) is 56.0 Å². The van der Waals surface area contributed by atoms with Gasteiger partial charge in [0.2, 0.25) is 5.91 Å². The number of nitrogens with zero attached hydrogens (tertiary/aromatic N) is 3. The highest BCUT2D eigenvalue weighted by molar-refractivity contribution is 8.00. The SMILES string of the molecule is COc1ccc(NC(=O)CSc2ncnc3c2sc2nc(CC(C)C)c4c(c23)CC(C)(C)OC4)cc1. The van der Waals surface area contributed by atoms with Crippen molar-refractivity contribution in [2.24, 2.45) is 5.92 Å². The summed E-state index contributed by atoms with van der Waals surface area (Å²) in [6.07, 6.45) is 3.32. The molecule has 4 aromatic rings. The first kappa shape index (κ1) is 24.9. The van der Waals surface area contributed by atoms with Gasteiger partial charge >= 0.3 is 0 Å². The van der Waals surface area contributed by atoms with Crippen molar-refractivity contribution in [2.75, 3.05) is 18.2 Å². The van der Waals surface area contributed by atoms with Gasteiger partial charge in [0.15, 0.2) is 0 Å². The average molecular weight is 523 g/mol. The molecule has 0 bridgehead atoms. The Morgan fingerprint density at radius 1 is 1.22 bits per heavy atom. The molecule has 1 aromatic carbocycles. The molecule has 188 valence electrons. The van der Waals surface area contributed by atoms with E-state index in [0.717, 1.165) is 55.4 Å². The van der Waals surface area contributed by atoms with Crippen LogP contribution in [-0.4, -0.2) is 39.3 Å². The summed E-state index contributed by atoms with van der Waals surface area (Å²) in [5.41, 5.74) is 5.03. The third kappa shape index (κ3) is 5.05. The van der Waals surface area contributed by atoms with Crippen LogP contribution in [0.3, 0.4) is 0 Å². The fraction of sp³-hybridized carbons (Fsp3) is 0.407. The first-order chi connectivity index (χ1) is 17.2. The number of rotatable bonds is 7. The fourth-order valence-electron chi connectivity index (χ4n) is 4.52. The summed E-state index contributed by atoms with van der Waals surface area (Å²) < 4.78 is 12.3. The van der Waals surface area contributed by atoms with E-state index in [0.29, 0.717) is 12.5 Å². The Bertz CT molecular complexity index is 1430. The lowest BCUT2D eigenvalue weighted by atomic mass is 9.88. The number of anilines is 1. The molecule has 0 spiro atoms. The number of aromatic nitrogens is 3. The molecule has 4 heterocycles. The summed E-state index contributed by atoms with van der Waals surface area (Å²) in [6.45, 7) is 9.28. The first-order valence-electron chi connectivity index (χ1n) is 12.0. The molecule has 3 aromatic heterocycles. The zero-order valence-electron chi connectivity index (χ0n) is 21.2. The average Bonchev–Trinajstić information content (AvgIpc) is 3.21. The van der Waals surface area contributed by atoms with Gasteiger partial charge in [0, 0.05) is 28.8 Å². The number of hydrogen-bond donors (Lipinski definition) is 1. The highest BCUT2D eigenvalue weighted by atomic mass is 32.2. The van der Waals surface area contributed by atoms with Crippen molar-refractivity contribution in [1.82, 2.24) is 15.0 Å². The molecule has 0 unspecified atom stereocenters. The molecule has 9 heteroatoms. The monoisotopic (exact) mass is 522 g/mol. The third-order valence-corrected chi connectivity index (χ3v) is 8.39. The van der Waals surface area contributed by atoms with Gasteiger partial charge in [-0.3, -0.25) is 4.79 Å². The van der Waals surface area contributed by atoms with Gasteiger partial charge in [0.1, 0.15) is 21.9 Å². The zero-order valence-corrected chi connectivity index (χ0v) is 22.8. The molecule has 1 aliphatic heterocycles. The van der Waals surface area contributed by atoms with Gasteiger partial charge in [-0.25, -0.2) is 15.0 Å². The van der Waals surface area contributed by atoms with Crippen molar-refractivity contribution in [2.45, 2.75) is 57.8 Å². The lowest BCUT2D eigenvalue weighted by molar-refractivity contribution is -0.113. The van der Waals surface area contributed by atoms with Gasteiger partial charge in [-0.2, -0.15) is 0 Å². The van der Waals surface area contributed by atoms with Crippen molar-refractivity contribution in [3.05, 3.63) is 47.4 Å². The van der Waals surface area contributed by atoms with E-state index < -0.39 is 0 Å². The Morgan fingerprint density at radius 3 is 2.72 bits per heavy atom. The molecule has 1 N–H and O–H groups in total. The minimum atomic E-state index is -0.241. The number of pyridine rings is 1. The molecule has 36 heavy (non-hydrogen) atoms. The maximum absolute atomic E-state index is 12.6. The zero-order chi connectivity index (χ0) is 25.4. The van der Waals surface area contributed by atoms with Gasteiger partial charge in [-0.15, -0.1) is 11.3 Å². The number of thioether (sulfide) groups is 1. The maximum Gasteiger partial charge on any atom is 0.234 e. The fourth-order valence-corrected chi connectivity index (χ4v) is 6.57. The highest BCUT2D eigenvalue weighted by Gasteiger charge is 2.31. The van der Waals surface area contributed by atoms with Crippen LogP contribution in [0.15, 0.2) is 35.6 Å². The number of thiophene rings is 1. The molecule has 7 nitrogen and oxygen atoms in total. The lowest BCUT2D eigenvalue weighted by Gasteiger charge is -2.33. The Morgan fingerprint density at radius 2 is 2.00 bits per heavy atom. The van der Waals surface area contributed by atoms with Crippen LogP contribution in [0, 0.1) is 5.92 Å². The van der Waals surface area contributed by atoms with E-state index in [1.54, 1.807) is 24.8 Å². The minimum absolute atomic E-state index is 0.0911. The molecule has 0 saturated carbocycles. The Labute approximate surface area is 219 Å². The molecular weight excluding hydrogens is 492 g/mol. The number of ether oxygens (including phenoxy) is 2. The molecule has 0 radical (unpaired) electrons. The van der Waals surface area contributed by atoms with Crippen LogP contribution in [0.5, 0.6) is 5.75 Å². The Balaban J connectivity index is 1.47. The summed E-state index contributed by atoms with van der Waals surface area (Å²) in [4.78, 5) is 27.9. The molecule has 0 saturated heterocycles. The predicted molar refractivity (Wildman–Crippen MR) is 146 cm³/mol. The second kappa shape index (κ2) is 9.95. The molecule has 1 aliphatic rings. The van der Waals surface area contributed by atoms with Crippen molar-refractivity contribution in [1.29, 1.82) is 0 Å². The van der Waals surface area contributed by atoms with Crippen LogP contribution in [0.2, 0.25) is 0 Å². The van der Waals surface area contributed by atoms with Crippen molar-refractivity contribution in [3.63, 3.8) is 0 Å². The van der Waals surface area contributed by atoms with E-state index in [4.69, 9.17) is 14.5 Å². The normalized spacial score (nSPS) is 14.8. The highest BCUT2D eigenvalue weighted by Crippen LogP contribution is 2.43. The summed E-state index contributed by atoms with van der Waals surface area (Å²) in [5, 5.41) is 4.85. The maximum atomic E-state index is 12.6. The van der Waals surface area contributed by atoms with Crippen molar-refractivity contribution in [3.8, 4) is 5.75 Å². The van der Waals surface area contributed by atoms with E-state index in [1.807, 2.05) is 24.3 Å². The lowest BCUT2D eigenvalue weighted by Crippen LogP contribution is -2.33. The van der Waals surface area contributed by atoms with Gasteiger partial charge in [-0.1, -0.05) is 25.6 Å². The molecule has 0 aliphatic carbocycles. The summed E-state index contributed by atoms with van der Waals surface area (Å²) in [7, 11) is 1.62. The van der Waals surface area contributed by atoms with Gasteiger partial charge in [0.25, 0.3) is 0 Å². The number of fused-ring (bicyclic) bond motifs is 5. The number of carbonyl (C=O) groups is 1.